The minimum atomic E-state index is -3.61. The molecule has 0 radical (unpaired) electrons. The molecule has 6 heteroatoms. The highest BCUT2D eigenvalue weighted by atomic mass is 79.9. The van der Waals surface area contributed by atoms with Crippen LogP contribution in [-0.4, -0.2) is 22.0 Å². The second kappa shape index (κ2) is 8.76. The molecule has 146 valence electrons. The molecule has 0 aromatic heterocycles. The average molecular weight is 451 g/mol. The first-order valence-corrected chi connectivity index (χ1v) is 11.8. The van der Waals surface area contributed by atoms with E-state index in [-0.39, 0.29) is 6.04 Å². The van der Waals surface area contributed by atoms with Gasteiger partial charge in [-0.3, -0.25) is 4.31 Å². The van der Waals surface area contributed by atoms with Gasteiger partial charge >= 0.3 is 0 Å². The Bertz CT molecular complexity index is 899. The van der Waals surface area contributed by atoms with Gasteiger partial charge in [-0.2, -0.15) is 0 Å². The molecule has 0 saturated heterocycles. The van der Waals surface area contributed by atoms with Crippen molar-refractivity contribution in [3.63, 3.8) is 0 Å². The van der Waals surface area contributed by atoms with Crippen LogP contribution in [-0.2, 0) is 10.0 Å². The largest absolute Gasteiger partial charge is 0.306 e. The van der Waals surface area contributed by atoms with Gasteiger partial charge in [0.05, 0.1) is 16.6 Å². The Labute approximate surface area is 171 Å². The molecule has 1 aliphatic heterocycles. The van der Waals surface area contributed by atoms with E-state index in [1.165, 1.54) is 30.0 Å². The van der Waals surface area contributed by atoms with Gasteiger partial charge < -0.3 is 5.32 Å². The van der Waals surface area contributed by atoms with E-state index in [2.05, 4.69) is 28.2 Å². The smallest absolute Gasteiger partial charge is 0.264 e. The van der Waals surface area contributed by atoms with Crippen LogP contribution in [0, 0.1) is 0 Å². The number of anilines is 1. The lowest BCUT2D eigenvalue weighted by molar-refractivity contribution is 0.544. The Morgan fingerprint density at radius 1 is 1.04 bits per heavy atom. The molecule has 0 spiro atoms. The van der Waals surface area contributed by atoms with Crippen molar-refractivity contribution in [3.05, 3.63) is 58.1 Å². The van der Waals surface area contributed by atoms with Crippen LogP contribution in [0.5, 0.6) is 0 Å². The monoisotopic (exact) mass is 450 g/mol. The van der Waals surface area contributed by atoms with E-state index in [1.54, 1.807) is 13.1 Å². The zero-order valence-corrected chi connectivity index (χ0v) is 18.3. The van der Waals surface area contributed by atoms with E-state index in [9.17, 15) is 8.42 Å². The Morgan fingerprint density at radius 2 is 1.78 bits per heavy atom. The van der Waals surface area contributed by atoms with E-state index in [0.29, 0.717) is 4.90 Å². The number of nitrogens with one attached hydrogen (secondary N) is 1. The van der Waals surface area contributed by atoms with Crippen LogP contribution in [0.25, 0.3) is 0 Å². The summed E-state index contributed by atoms with van der Waals surface area (Å²) in [5.41, 5.74) is 2.54. The van der Waals surface area contributed by atoms with Crippen molar-refractivity contribution in [2.45, 2.75) is 50.0 Å². The summed E-state index contributed by atoms with van der Waals surface area (Å²) in [5.74, 6) is 0. The third-order valence-corrected chi connectivity index (χ3v) is 7.46. The topological polar surface area (TPSA) is 49.4 Å². The number of halogens is 1. The third-order valence-electron chi connectivity index (χ3n) is 5.14. The fraction of sp³-hybridized carbons (Fsp3) is 0.429. The zero-order valence-electron chi connectivity index (χ0n) is 15.9. The third kappa shape index (κ3) is 4.23. The normalized spacial score (nSPS) is 17.9. The van der Waals surface area contributed by atoms with Crippen LogP contribution in [0.4, 0.5) is 5.69 Å². The molecule has 1 heterocycles. The summed E-state index contributed by atoms with van der Waals surface area (Å²) in [7, 11) is -1.97. The predicted octanol–water partition coefficient (Wildman–Crippen LogP) is 5.24. The number of para-hydroxylation sites is 1. The maximum atomic E-state index is 13.2. The van der Waals surface area contributed by atoms with Gasteiger partial charge in [0.15, 0.2) is 0 Å². The summed E-state index contributed by atoms with van der Waals surface area (Å²) in [6.45, 7) is 3.08. The van der Waals surface area contributed by atoms with Crippen LogP contribution in [0.15, 0.2) is 51.8 Å². The standard InChI is InChI=1S/C21H27BrN2O2S/c1-3-4-5-6-9-14-23-21-17-10-7-8-11-19(17)24(2)27(25,26)20-15-16(22)12-13-18(20)21/h7-8,10-13,15,21,23H,3-6,9,14H2,1-2H3. The number of benzene rings is 2. The first kappa shape index (κ1) is 20.4. The molecule has 0 saturated carbocycles. The quantitative estimate of drug-likeness (QED) is 0.586. The summed E-state index contributed by atoms with van der Waals surface area (Å²) in [6, 6.07) is 13.2. The van der Waals surface area contributed by atoms with Crippen molar-refractivity contribution in [1.29, 1.82) is 0 Å². The lowest BCUT2D eigenvalue weighted by atomic mass is 9.96. The first-order valence-electron chi connectivity index (χ1n) is 9.57. The van der Waals surface area contributed by atoms with Crippen molar-refractivity contribution >= 4 is 31.6 Å². The highest BCUT2D eigenvalue weighted by Crippen LogP contribution is 2.40. The maximum Gasteiger partial charge on any atom is 0.264 e. The summed E-state index contributed by atoms with van der Waals surface area (Å²) >= 11 is 3.43. The van der Waals surface area contributed by atoms with Crippen molar-refractivity contribution in [2.24, 2.45) is 0 Å². The molecule has 0 fully saturated rings. The molecular formula is C21H27BrN2O2S. The fourth-order valence-electron chi connectivity index (χ4n) is 3.63. The maximum absolute atomic E-state index is 13.2. The van der Waals surface area contributed by atoms with Crippen LogP contribution in [0.3, 0.4) is 0 Å². The van der Waals surface area contributed by atoms with Crippen molar-refractivity contribution in [3.8, 4) is 0 Å². The Hall–Kier alpha value is -1.37. The second-order valence-electron chi connectivity index (χ2n) is 7.01. The molecule has 1 aliphatic rings. The molecule has 1 N–H and O–H groups in total. The van der Waals surface area contributed by atoms with Gasteiger partial charge in [0.25, 0.3) is 10.0 Å². The molecular weight excluding hydrogens is 424 g/mol. The highest BCUT2D eigenvalue weighted by molar-refractivity contribution is 9.10. The van der Waals surface area contributed by atoms with Crippen LogP contribution < -0.4 is 9.62 Å². The van der Waals surface area contributed by atoms with E-state index in [4.69, 9.17) is 0 Å². The molecule has 27 heavy (non-hydrogen) atoms. The van der Waals surface area contributed by atoms with E-state index >= 15 is 0 Å². The number of nitrogens with zero attached hydrogens (tertiary/aromatic N) is 1. The average Bonchev–Trinajstić information content (AvgIpc) is 2.73. The molecule has 0 aliphatic carbocycles. The van der Waals surface area contributed by atoms with Gasteiger partial charge in [0, 0.05) is 11.5 Å². The van der Waals surface area contributed by atoms with Gasteiger partial charge in [0.2, 0.25) is 0 Å². The van der Waals surface area contributed by atoms with Crippen molar-refractivity contribution in [2.75, 3.05) is 17.9 Å². The molecule has 0 amide bonds. The Kier molecular flexibility index (Phi) is 6.61. The minimum Gasteiger partial charge on any atom is -0.306 e. The van der Waals surface area contributed by atoms with Gasteiger partial charge in [-0.25, -0.2) is 8.42 Å². The minimum absolute atomic E-state index is 0.143. The SMILES string of the molecule is CCCCCCCNC1c2ccccc2N(C)S(=O)(=O)c2cc(Br)ccc21. The molecule has 2 aromatic carbocycles. The highest BCUT2D eigenvalue weighted by Gasteiger charge is 2.34. The number of rotatable bonds is 7. The molecule has 1 unspecified atom stereocenters. The molecule has 1 atom stereocenters. The van der Waals surface area contributed by atoms with Crippen LogP contribution in [0.1, 0.15) is 56.2 Å². The summed E-state index contributed by atoms with van der Waals surface area (Å²) in [4.78, 5) is 0.360. The first-order chi connectivity index (χ1) is 13.0. The number of unbranched alkanes of at least 4 members (excludes halogenated alkanes) is 4. The molecule has 3 rings (SSSR count). The van der Waals surface area contributed by atoms with Gasteiger partial charge in [-0.1, -0.05) is 72.8 Å². The van der Waals surface area contributed by atoms with Crippen molar-refractivity contribution < 1.29 is 8.42 Å². The predicted molar refractivity (Wildman–Crippen MR) is 115 cm³/mol. The summed E-state index contributed by atoms with van der Waals surface area (Å²) in [5, 5.41) is 3.62. The van der Waals surface area contributed by atoms with E-state index in [1.807, 2.05) is 36.4 Å². The van der Waals surface area contributed by atoms with Crippen LogP contribution in [0.2, 0.25) is 0 Å². The number of fused-ring (bicyclic) bond motifs is 2. The Morgan fingerprint density at radius 3 is 2.56 bits per heavy atom. The fourth-order valence-corrected chi connectivity index (χ4v) is 5.62. The number of hydrogen-bond donors (Lipinski definition) is 1. The van der Waals surface area contributed by atoms with Crippen molar-refractivity contribution in [1.82, 2.24) is 5.32 Å². The van der Waals surface area contributed by atoms with Gasteiger partial charge in [-0.05, 0) is 42.3 Å². The molecule has 2 aromatic rings. The lowest BCUT2D eigenvalue weighted by Gasteiger charge is -2.22. The second-order valence-corrected chi connectivity index (χ2v) is 9.87. The molecule has 4 nitrogen and oxygen atoms in total. The lowest BCUT2D eigenvalue weighted by Crippen LogP contribution is -2.26. The number of hydrogen-bond acceptors (Lipinski definition) is 3. The zero-order chi connectivity index (χ0) is 19.4. The van der Waals surface area contributed by atoms with Crippen LogP contribution >= 0.6 is 15.9 Å². The van der Waals surface area contributed by atoms with E-state index < -0.39 is 10.0 Å². The van der Waals surface area contributed by atoms with Gasteiger partial charge in [0.1, 0.15) is 0 Å². The van der Waals surface area contributed by atoms with E-state index in [0.717, 1.165) is 34.3 Å². The summed E-state index contributed by atoms with van der Waals surface area (Å²) in [6.07, 6.45) is 6.04. The Balaban J connectivity index is 1.98. The molecule has 0 bridgehead atoms. The number of sulfonamides is 1. The van der Waals surface area contributed by atoms with Gasteiger partial charge in [-0.15, -0.1) is 0 Å². The summed E-state index contributed by atoms with van der Waals surface area (Å²) < 4.78 is 28.6.